The third kappa shape index (κ3) is 2.11. The van der Waals surface area contributed by atoms with Gasteiger partial charge in [-0.3, -0.25) is 0 Å². The van der Waals surface area contributed by atoms with E-state index in [2.05, 4.69) is 0 Å². The van der Waals surface area contributed by atoms with Gasteiger partial charge in [-0.05, 0) is 25.0 Å². The molecular weight excluding hydrogens is 182 g/mol. The Kier molecular flexibility index (Phi) is 3.11. The maximum atomic E-state index is 8.67. The van der Waals surface area contributed by atoms with E-state index in [4.69, 9.17) is 16.9 Å². The third-order valence-corrected chi connectivity index (χ3v) is 2.37. The molecule has 1 rings (SSSR count). The zero-order valence-corrected chi connectivity index (χ0v) is 8.39. The fourth-order valence-corrected chi connectivity index (χ4v) is 1.32. The summed E-state index contributed by atoms with van der Waals surface area (Å²) in [6, 6.07) is 9.79. The predicted molar refractivity (Wildman–Crippen MR) is 55.2 cm³/mol. The minimum Gasteiger partial charge on any atom is -0.193 e. The van der Waals surface area contributed by atoms with Gasteiger partial charge in [-0.1, -0.05) is 35.9 Å². The molecule has 0 fully saturated rings. The topological polar surface area (TPSA) is 23.8 Å². The summed E-state index contributed by atoms with van der Waals surface area (Å²) >= 11 is 6.02. The Bertz CT molecular complexity index is 385. The first-order valence-electron chi connectivity index (χ1n) is 3.99. The van der Waals surface area contributed by atoms with Gasteiger partial charge in [0.15, 0.2) is 0 Å². The molecule has 0 N–H and O–H groups in total. The zero-order valence-electron chi connectivity index (χ0n) is 7.63. The van der Waals surface area contributed by atoms with Crippen molar-refractivity contribution in [2.75, 3.05) is 0 Å². The van der Waals surface area contributed by atoms with Crippen LogP contribution in [0.3, 0.4) is 0 Å². The Morgan fingerprint density at radius 3 is 2.54 bits per heavy atom. The molecule has 0 aliphatic carbocycles. The number of nitrogens with zero attached hydrogens (tertiary/aromatic N) is 1. The van der Waals surface area contributed by atoms with Crippen molar-refractivity contribution < 1.29 is 0 Å². The van der Waals surface area contributed by atoms with E-state index in [-0.39, 0.29) is 0 Å². The first-order chi connectivity index (χ1) is 6.16. The van der Waals surface area contributed by atoms with E-state index in [1.165, 1.54) is 0 Å². The van der Waals surface area contributed by atoms with E-state index >= 15 is 0 Å². The standard InChI is InChI=1S/C11H10ClN/c1-8-5-3-4-6-10(8)11(12)9(2)7-13/h3-6H,1-2H3/b11-9-. The number of hydrogen-bond acceptors (Lipinski definition) is 1. The van der Waals surface area contributed by atoms with Crippen LogP contribution in [0.4, 0.5) is 0 Å². The zero-order chi connectivity index (χ0) is 9.84. The molecule has 0 unspecified atom stereocenters. The summed E-state index contributed by atoms with van der Waals surface area (Å²) in [4.78, 5) is 0. The molecular formula is C11H10ClN. The second-order valence-electron chi connectivity index (χ2n) is 2.87. The van der Waals surface area contributed by atoms with Crippen LogP contribution in [0.25, 0.3) is 5.03 Å². The number of allylic oxidation sites excluding steroid dienone is 1. The molecule has 0 saturated heterocycles. The molecule has 1 nitrogen and oxygen atoms in total. The van der Waals surface area contributed by atoms with Crippen molar-refractivity contribution in [2.45, 2.75) is 13.8 Å². The molecule has 0 atom stereocenters. The van der Waals surface area contributed by atoms with Crippen molar-refractivity contribution in [3.05, 3.63) is 41.0 Å². The number of nitriles is 1. The molecule has 0 amide bonds. The number of aryl methyl sites for hydroxylation is 1. The van der Waals surface area contributed by atoms with Crippen LogP contribution >= 0.6 is 11.6 Å². The van der Waals surface area contributed by atoms with E-state index in [9.17, 15) is 0 Å². The van der Waals surface area contributed by atoms with E-state index in [0.717, 1.165) is 11.1 Å². The maximum absolute atomic E-state index is 8.67. The highest BCUT2D eigenvalue weighted by atomic mass is 35.5. The van der Waals surface area contributed by atoms with E-state index in [0.29, 0.717) is 10.6 Å². The van der Waals surface area contributed by atoms with Gasteiger partial charge in [-0.25, -0.2) is 0 Å². The van der Waals surface area contributed by atoms with Crippen LogP contribution in [0.5, 0.6) is 0 Å². The molecule has 2 heteroatoms. The number of halogens is 1. The van der Waals surface area contributed by atoms with Crippen LogP contribution < -0.4 is 0 Å². The molecule has 0 aromatic heterocycles. The number of hydrogen-bond donors (Lipinski definition) is 0. The van der Waals surface area contributed by atoms with Crippen LogP contribution in [0.1, 0.15) is 18.1 Å². The molecule has 0 bridgehead atoms. The van der Waals surface area contributed by atoms with Gasteiger partial charge in [-0.15, -0.1) is 0 Å². The minimum absolute atomic E-state index is 0.542. The average molecular weight is 192 g/mol. The summed E-state index contributed by atoms with van der Waals surface area (Å²) in [5, 5.41) is 9.21. The van der Waals surface area contributed by atoms with Gasteiger partial charge in [0.1, 0.15) is 0 Å². The largest absolute Gasteiger partial charge is 0.193 e. The van der Waals surface area contributed by atoms with Gasteiger partial charge in [0.25, 0.3) is 0 Å². The molecule has 13 heavy (non-hydrogen) atoms. The Labute approximate surface area is 83.3 Å². The second-order valence-corrected chi connectivity index (χ2v) is 3.24. The molecule has 1 aromatic carbocycles. The van der Waals surface area contributed by atoms with Crippen molar-refractivity contribution in [2.24, 2.45) is 0 Å². The van der Waals surface area contributed by atoms with Gasteiger partial charge in [0.2, 0.25) is 0 Å². The lowest BCUT2D eigenvalue weighted by Crippen LogP contribution is -1.85. The molecule has 0 radical (unpaired) electrons. The fraction of sp³-hybridized carbons (Fsp3) is 0.182. The fourth-order valence-electron chi connectivity index (χ4n) is 1.07. The summed E-state index contributed by atoms with van der Waals surface area (Å²) in [6.45, 7) is 3.69. The average Bonchev–Trinajstić information content (AvgIpc) is 2.16. The molecule has 0 spiro atoms. The SMILES string of the molecule is C/C(C#N)=C(/Cl)c1ccccc1C. The van der Waals surface area contributed by atoms with Crippen LogP contribution in [-0.4, -0.2) is 0 Å². The first-order valence-corrected chi connectivity index (χ1v) is 4.37. The minimum atomic E-state index is 0.542. The Hall–Kier alpha value is -1.26. The van der Waals surface area contributed by atoms with E-state index in [1.807, 2.05) is 37.3 Å². The summed E-state index contributed by atoms with van der Waals surface area (Å²) in [6.07, 6.45) is 0. The summed E-state index contributed by atoms with van der Waals surface area (Å²) in [5.74, 6) is 0. The summed E-state index contributed by atoms with van der Waals surface area (Å²) in [5.41, 5.74) is 2.57. The molecule has 1 aromatic rings. The monoisotopic (exact) mass is 191 g/mol. The van der Waals surface area contributed by atoms with Crippen LogP contribution in [0.2, 0.25) is 0 Å². The van der Waals surface area contributed by atoms with Gasteiger partial charge in [-0.2, -0.15) is 5.26 Å². The van der Waals surface area contributed by atoms with Gasteiger partial charge in [0, 0.05) is 5.57 Å². The van der Waals surface area contributed by atoms with Crippen molar-refractivity contribution in [1.82, 2.24) is 0 Å². The van der Waals surface area contributed by atoms with Crippen LogP contribution in [0, 0.1) is 18.3 Å². The normalized spacial score (nSPS) is 11.8. The Morgan fingerprint density at radius 1 is 1.38 bits per heavy atom. The van der Waals surface area contributed by atoms with Crippen molar-refractivity contribution in [1.29, 1.82) is 5.26 Å². The summed E-state index contributed by atoms with van der Waals surface area (Å²) in [7, 11) is 0. The second kappa shape index (κ2) is 4.11. The summed E-state index contributed by atoms with van der Waals surface area (Å²) < 4.78 is 0. The van der Waals surface area contributed by atoms with Crippen molar-refractivity contribution in [3.8, 4) is 6.07 Å². The molecule has 0 heterocycles. The highest BCUT2D eigenvalue weighted by Gasteiger charge is 2.04. The van der Waals surface area contributed by atoms with E-state index in [1.54, 1.807) is 6.92 Å². The lowest BCUT2D eigenvalue weighted by molar-refractivity contribution is 1.41. The quantitative estimate of drug-likeness (QED) is 0.624. The highest BCUT2D eigenvalue weighted by Crippen LogP contribution is 2.25. The molecule has 66 valence electrons. The van der Waals surface area contributed by atoms with Crippen LogP contribution in [0.15, 0.2) is 29.8 Å². The number of benzene rings is 1. The van der Waals surface area contributed by atoms with Gasteiger partial charge < -0.3 is 0 Å². The third-order valence-electron chi connectivity index (χ3n) is 1.88. The lowest BCUT2D eigenvalue weighted by atomic mass is 10.1. The predicted octanol–water partition coefficient (Wildman–Crippen LogP) is 3.49. The van der Waals surface area contributed by atoms with Gasteiger partial charge >= 0.3 is 0 Å². The van der Waals surface area contributed by atoms with E-state index < -0.39 is 0 Å². The Morgan fingerprint density at radius 2 is 2.00 bits per heavy atom. The number of rotatable bonds is 1. The molecule has 0 saturated carbocycles. The van der Waals surface area contributed by atoms with Crippen molar-refractivity contribution >= 4 is 16.6 Å². The van der Waals surface area contributed by atoms with Crippen LogP contribution in [-0.2, 0) is 0 Å². The smallest absolute Gasteiger partial charge is 0.0959 e. The molecule has 0 aliphatic heterocycles. The highest BCUT2D eigenvalue weighted by molar-refractivity contribution is 6.49. The first kappa shape index (κ1) is 9.83. The van der Waals surface area contributed by atoms with Crippen molar-refractivity contribution in [3.63, 3.8) is 0 Å². The molecule has 0 aliphatic rings. The lowest BCUT2D eigenvalue weighted by Gasteiger charge is -2.03. The van der Waals surface area contributed by atoms with Gasteiger partial charge in [0.05, 0.1) is 11.1 Å². The maximum Gasteiger partial charge on any atom is 0.0959 e. The Balaban J connectivity index is 3.26.